The monoisotopic (exact) mass is 233 g/mol. The van der Waals surface area contributed by atoms with Crippen LogP contribution >= 0.6 is 0 Å². The first-order chi connectivity index (χ1) is 6.93. The zero-order chi connectivity index (χ0) is 11.5. The van der Waals surface area contributed by atoms with Crippen molar-refractivity contribution in [1.29, 1.82) is 0 Å². The summed E-state index contributed by atoms with van der Waals surface area (Å²) in [6.07, 6.45) is 1.21. The lowest BCUT2D eigenvalue weighted by Crippen LogP contribution is -2.35. The molecule has 7 heteroatoms. The second-order valence-electron chi connectivity index (χ2n) is 3.12. The van der Waals surface area contributed by atoms with Crippen molar-refractivity contribution in [3.8, 4) is 0 Å². The van der Waals surface area contributed by atoms with E-state index in [1.807, 2.05) is 0 Å². The van der Waals surface area contributed by atoms with Crippen LogP contribution < -0.4 is 10.5 Å². The fraction of sp³-hybridized carbons (Fsp3) is 0.375. The minimum absolute atomic E-state index is 0.0400. The predicted octanol–water partition coefficient (Wildman–Crippen LogP) is -0.154. The van der Waals surface area contributed by atoms with E-state index in [1.54, 1.807) is 6.92 Å². The van der Waals surface area contributed by atoms with Crippen LogP contribution in [0.4, 0.5) is 4.39 Å². The predicted molar refractivity (Wildman–Crippen MR) is 53.0 cm³/mol. The molecular formula is C8H12FN3O2S. The molecule has 0 aliphatic carbocycles. The Hall–Kier alpha value is -1.05. The molecule has 0 aliphatic rings. The Morgan fingerprint density at radius 3 is 2.87 bits per heavy atom. The molecule has 0 spiro atoms. The maximum atomic E-state index is 13.1. The third kappa shape index (κ3) is 3.22. The van der Waals surface area contributed by atoms with E-state index >= 15 is 0 Å². The number of nitrogens with two attached hydrogens (primary N) is 1. The average molecular weight is 233 g/mol. The van der Waals surface area contributed by atoms with Crippen LogP contribution in [0.2, 0.25) is 0 Å². The maximum Gasteiger partial charge on any atom is 0.261 e. The Morgan fingerprint density at radius 1 is 1.67 bits per heavy atom. The van der Waals surface area contributed by atoms with Crippen molar-refractivity contribution in [2.45, 2.75) is 18.0 Å². The van der Waals surface area contributed by atoms with Crippen LogP contribution in [0.15, 0.2) is 23.4 Å². The molecule has 1 atom stereocenters. The summed E-state index contributed by atoms with van der Waals surface area (Å²) in [6.45, 7) is 1.68. The van der Waals surface area contributed by atoms with Gasteiger partial charge in [-0.15, -0.1) is 0 Å². The number of nitrogens with zero attached hydrogens (tertiary/aromatic N) is 1. The van der Waals surface area contributed by atoms with Gasteiger partial charge in [-0.25, -0.2) is 22.5 Å². The fourth-order valence-electron chi connectivity index (χ4n) is 0.878. The summed E-state index contributed by atoms with van der Waals surface area (Å²) < 4.78 is 38.2. The number of hydrogen-bond donors (Lipinski definition) is 2. The quantitative estimate of drug-likeness (QED) is 0.757. The zero-order valence-corrected chi connectivity index (χ0v) is 8.96. The molecule has 1 rings (SSSR count). The van der Waals surface area contributed by atoms with Gasteiger partial charge in [0.25, 0.3) is 10.0 Å². The highest BCUT2D eigenvalue weighted by Gasteiger charge is 2.19. The molecule has 15 heavy (non-hydrogen) atoms. The van der Waals surface area contributed by atoms with E-state index < -0.39 is 20.9 Å². The summed E-state index contributed by atoms with van der Waals surface area (Å²) in [6, 6.07) is 2.01. The molecule has 1 unspecified atom stereocenters. The van der Waals surface area contributed by atoms with Gasteiger partial charge in [0, 0.05) is 18.8 Å². The lowest BCUT2D eigenvalue weighted by atomic mass is 10.4. The SMILES string of the molecule is CC(N)CNS(=O)(=O)c1ncccc1F. The standard InChI is InChI=1S/C8H12FN3O2S/c1-6(10)5-12-15(13,14)8-7(9)3-2-4-11-8/h2-4,6,12H,5,10H2,1H3. The van der Waals surface area contributed by atoms with Gasteiger partial charge in [0.15, 0.2) is 5.82 Å². The van der Waals surface area contributed by atoms with Gasteiger partial charge < -0.3 is 5.73 Å². The Balaban J connectivity index is 2.92. The molecule has 0 bridgehead atoms. The largest absolute Gasteiger partial charge is 0.327 e. The molecule has 1 aromatic rings. The number of hydrogen-bond acceptors (Lipinski definition) is 4. The van der Waals surface area contributed by atoms with Crippen molar-refractivity contribution in [2.24, 2.45) is 5.73 Å². The molecule has 1 aromatic heterocycles. The normalized spacial score (nSPS) is 13.8. The molecular weight excluding hydrogens is 221 g/mol. The summed E-state index contributed by atoms with van der Waals surface area (Å²) in [5.74, 6) is -0.880. The van der Waals surface area contributed by atoms with E-state index in [9.17, 15) is 12.8 Å². The van der Waals surface area contributed by atoms with Gasteiger partial charge in [0.1, 0.15) is 0 Å². The number of sulfonamides is 1. The second-order valence-corrected chi connectivity index (χ2v) is 4.80. The van der Waals surface area contributed by atoms with Crippen LogP contribution in [0, 0.1) is 5.82 Å². The lowest BCUT2D eigenvalue weighted by molar-refractivity contribution is 0.540. The lowest BCUT2D eigenvalue weighted by Gasteiger charge is -2.08. The molecule has 0 aromatic carbocycles. The number of aromatic nitrogens is 1. The van der Waals surface area contributed by atoms with Gasteiger partial charge in [0.05, 0.1) is 0 Å². The molecule has 0 radical (unpaired) electrons. The van der Waals surface area contributed by atoms with Crippen molar-refractivity contribution in [1.82, 2.24) is 9.71 Å². The molecule has 5 nitrogen and oxygen atoms in total. The van der Waals surface area contributed by atoms with Crippen LogP contribution in [0.1, 0.15) is 6.92 Å². The molecule has 0 amide bonds. The first-order valence-electron chi connectivity index (χ1n) is 4.29. The van der Waals surface area contributed by atoms with Crippen LogP contribution in [-0.2, 0) is 10.0 Å². The summed E-state index contributed by atoms with van der Waals surface area (Å²) in [5.41, 5.74) is 5.37. The second kappa shape index (κ2) is 4.65. The van der Waals surface area contributed by atoms with Crippen LogP contribution in [-0.4, -0.2) is 26.0 Å². The minimum Gasteiger partial charge on any atom is -0.327 e. The third-order valence-corrected chi connectivity index (χ3v) is 2.93. The van der Waals surface area contributed by atoms with E-state index in [0.29, 0.717) is 0 Å². The maximum absolute atomic E-state index is 13.1. The van der Waals surface area contributed by atoms with Crippen molar-refractivity contribution in [3.05, 3.63) is 24.1 Å². The molecule has 0 saturated heterocycles. The van der Waals surface area contributed by atoms with Gasteiger partial charge in [0.2, 0.25) is 5.03 Å². The molecule has 3 N–H and O–H groups in total. The average Bonchev–Trinajstić information content (AvgIpc) is 2.15. The minimum atomic E-state index is -3.90. The smallest absolute Gasteiger partial charge is 0.261 e. The van der Waals surface area contributed by atoms with Gasteiger partial charge in [-0.3, -0.25) is 0 Å². The molecule has 84 valence electrons. The first kappa shape index (κ1) is 12.0. The first-order valence-corrected chi connectivity index (χ1v) is 5.77. The topological polar surface area (TPSA) is 85.1 Å². The van der Waals surface area contributed by atoms with E-state index in [0.717, 1.165) is 6.07 Å². The molecule has 0 saturated carbocycles. The third-order valence-electron chi connectivity index (χ3n) is 1.57. The Bertz CT molecular complexity index is 433. The highest BCUT2D eigenvalue weighted by atomic mass is 32.2. The van der Waals surface area contributed by atoms with Crippen molar-refractivity contribution in [3.63, 3.8) is 0 Å². The Labute approximate surface area is 87.6 Å². The van der Waals surface area contributed by atoms with E-state index in [2.05, 4.69) is 9.71 Å². The van der Waals surface area contributed by atoms with E-state index in [-0.39, 0.29) is 12.6 Å². The van der Waals surface area contributed by atoms with Gasteiger partial charge in [-0.05, 0) is 19.1 Å². The number of rotatable bonds is 4. The van der Waals surface area contributed by atoms with Crippen molar-refractivity contribution >= 4 is 10.0 Å². The molecule has 1 heterocycles. The van der Waals surface area contributed by atoms with E-state index in [4.69, 9.17) is 5.73 Å². The Morgan fingerprint density at radius 2 is 2.33 bits per heavy atom. The van der Waals surface area contributed by atoms with E-state index in [1.165, 1.54) is 12.3 Å². The summed E-state index contributed by atoms with van der Waals surface area (Å²) in [5, 5.41) is -0.606. The van der Waals surface area contributed by atoms with Crippen LogP contribution in [0.5, 0.6) is 0 Å². The van der Waals surface area contributed by atoms with Crippen molar-refractivity contribution < 1.29 is 12.8 Å². The number of nitrogens with one attached hydrogen (secondary N) is 1. The summed E-state index contributed by atoms with van der Waals surface area (Å²) in [4.78, 5) is 3.46. The fourth-order valence-corrected chi connectivity index (χ4v) is 2.02. The van der Waals surface area contributed by atoms with Gasteiger partial charge >= 0.3 is 0 Å². The van der Waals surface area contributed by atoms with Crippen molar-refractivity contribution in [2.75, 3.05) is 6.54 Å². The van der Waals surface area contributed by atoms with Crippen LogP contribution in [0.25, 0.3) is 0 Å². The highest BCUT2D eigenvalue weighted by molar-refractivity contribution is 7.89. The molecule has 0 fully saturated rings. The van der Waals surface area contributed by atoms with Gasteiger partial charge in [-0.1, -0.05) is 0 Å². The zero-order valence-electron chi connectivity index (χ0n) is 8.14. The van der Waals surface area contributed by atoms with Gasteiger partial charge in [-0.2, -0.15) is 0 Å². The summed E-state index contributed by atoms with van der Waals surface area (Å²) in [7, 11) is -3.90. The Kier molecular flexibility index (Phi) is 3.72. The highest BCUT2D eigenvalue weighted by Crippen LogP contribution is 2.09. The van der Waals surface area contributed by atoms with Crippen LogP contribution in [0.3, 0.4) is 0 Å². The summed E-state index contributed by atoms with van der Waals surface area (Å²) >= 11 is 0. The number of pyridine rings is 1. The molecule has 0 aliphatic heterocycles. The number of halogens is 1.